The number of rotatable bonds is 0. The van der Waals surface area contributed by atoms with E-state index in [2.05, 4.69) is 4.98 Å². The lowest BCUT2D eigenvalue weighted by Crippen LogP contribution is -1.95. The van der Waals surface area contributed by atoms with Crippen molar-refractivity contribution >= 4 is 0 Å². The lowest BCUT2D eigenvalue weighted by Gasteiger charge is -2.01. The van der Waals surface area contributed by atoms with Gasteiger partial charge in [0.2, 0.25) is 5.39 Å². The standard InChI is InChI=1S/C6H8N2O/c7-8-5-3-1-2-4-6(5)9/h1-4H2/p+1. The quantitative estimate of drug-likeness (QED) is 0.504. The largest absolute Gasteiger partial charge is 0.505 e. The van der Waals surface area contributed by atoms with Crippen molar-refractivity contribution in [3.63, 3.8) is 0 Å². The lowest BCUT2D eigenvalue weighted by atomic mass is 10.0. The smallest absolute Gasteiger partial charge is 0.398 e. The molecule has 0 amide bonds. The molecule has 0 bridgehead atoms. The van der Waals surface area contributed by atoms with E-state index in [9.17, 15) is 0 Å². The maximum atomic E-state index is 8.99. The van der Waals surface area contributed by atoms with Crippen LogP contribution in [0.1, 0.15) is 25.7 Å². The zero-order valence-electron chi connectivity index (χ0n) is 5.17. The SMILES string of the molecule is N#[N+]C1=C(O)CCCC1. The Kier molecular flexibility index (Phi) is 1.69. The Morgan fingerprint density at radius 1 is 1.33 bits per heavy atom. The van der Waals surface area contributed by atoms with Crippen LogP contribution in [0.5, 0.6) is 0 Å². The van der Waals surface area contributed by atoms with Gasteiger partial charge in [-0.2, -0.15) is 0 Å². The number of aliphatic hydroxyl groups excluding tert-OH is 1. The molecule has 1 aliphatic rings. The first-order valence-electron chi connectivity index (χ1n) is 3.10. The van der Waals surface area contributed by atoms with Gasteiger partial charge in [0, 0.05) is 6.42 Å². The first kappa shape index (κ1) is 6.09. The Labute approximate surface area is 53.6 Å². The summed E-state index contributed by atoms with van der Waals surface area (Å²) in [6, 6.07) is 0. The molecule has 0 fully saturated rings. The molecule has 0 radical (unpaired) electrons. The van der Waals surface area contributed by atoms with Crippen molar-refractivity contribution in [2.75, 3.05) is 0 Å². The van der Waals surface area contributed by atoms with Gasteiger partial charge in [0.1, 0.15) is 0 Å². The molecule has 0 saturated heterocycles. The van der Waals surface area contributed by atoms with E-state index in [-0.39, 0.29) is 5.76 Å². The van der Waals surface area contributed by atoms with Crippen LogP contribution in [0.25, 0.3) is 4.98 Å². The second-order valence-corrected chi connectivity index (χ2v) is 2.20. The fraction of sp³-hybridized carbons (Fsp3) is 0.667. The number of hydrogen-bond donors (Lipinski definition) is 1. The molecule has 9 heavy (non-hydrogen) atoms. The molecular weight excluding hydrogens is 116 g/mol. The summed E-state index contributed by atoms with van der Waals surface area (Å²) >= 11 is 0. The first-order valence-corrected chi connectivity index (χ1v) is 3.10. The van der Waals surface area contributed by atoms with Crippen LogP contribution >= 0.6 is 0 Å². The van der Waals surface area contributed by atoms with Gasteiger partial charge in [-0.25, -0.2) is 0 Å². The third-order valence-corrected chi connectivity index (χ3v) is 1.53. The molecule has 0 saturated carbocycles. The van der Waals surface area contributed by atoms with Crippen LogP contribution in [0, 0.1) is 5.39 Å². The van der Waals surface area contributed by atoms with E-state index < -0.39 is 0 Å². The van der Waals surface area contributed by atoms with Crippen LogP contribution in [0.3, 0.4) is 0 Å². The van der Waals surface area contributed by atoms with Crippen LogP contribution in [-0.2, 0) is 0 Å². The van der Waals surface area contributed by atoms with E-state index in [0.29, 0.717) is 18.5 Å². The zero-order valence-corrected chi connectivity index (χ0v) is 5.17. The van der Waals surface area contributed by atoms with Gasteiger partial charge in [-0.3, -0.25) is 0 Å². The minimum Gasteiger partial charge on any atom is -0.505 e. The van der Waals surface area contributed by atoms with Gasteiger partial charge in [0.05, 0.1) is 6.42 Å². The van der Waals surface area contributed by atoms with Crippen molar-refractivity contribution in [1.82, 2.24) is 0 Å². The number of allylic oxidation sites excluding steroid dienone is 2. The summed E-state index contributed by atoms with van der Waals surface area (Å²) in [5.74, 6) is 0.253. The van der Waals surface area contributed by atoms with Crippen molar-refractivity contribution in [3.05, 3.63) is 16.4 Å². The molecule has 0 spiro atoms. The van der Waals surface area contributed by atoms with E-state index in [0.717, 1.165) is 12.8 Å². The number of diazo groups is 1. The Balaban J connectivity index is 2.74. The summed E-state index contributed by atoms with van der Waals surface area (Å²) in [4.78, 5) is 2.96. The minimum absolute atomic E-state index is 0.253. The second kappa shape index (κ2) is 2.49. The summed E-state index contributed by atoms with van der Waals surface area (Å²) < 4.78 is 0. The van der Waals surface area contributed by atoms with Gasteiger partial charge in [0.25, 0.3) is 0 Å². The predicted molar refractivity (Wildman–Crippen MR) is 33.2 cm³/mol. The Morgan fingerprint density at radius 2 is 2.00 bits per heavy atom. The average Bonchev–Trinajstić information content (AvgIpc) is 1.89. The monoisotopic (exact) mass is 125 g/mol. The summed E-state index contributed by atoms with van der Waals surface area (Å²) in [7, 11) is 0. The van der Waals surface area contributed by atoms with Gasteiger partial charge in [-0.15, -0.1) is 0 Å². The highest BCUT2D eigenvalue weighted by molar-refractivity contribution is 5.15. The predicted octanol–water partition coefficient (Wildman–Crippen LogP) is 2.18. The number of nitrogens with zero attached hydrogens (tertiary/aromatic N) is 2. The minimum atomic E-state index is 0.253. The summed E-state index contributed by atoms with van der Waals surface area (Å²) in [5, 5.41) is 17.3. The Hall–Kier alpha value is -1.04. The van der Waals surface area contributed by atoms with Crippen LogP contribution in [0.15, 0.2) is 11.5 Å². The molecule has 3 heteroatoms. The normalized spacial score (nSPS) is 19.4. The van der Waals surface area contributed by atoms with Crippen molar-refractivity contribution in [2.24, 2.45) is 0 Å². The molecule has 0 unspecified atom stereocenters. The molecule has 0 aromatic heterocycles. The third-order valence-electron chi connectivity index (χ3n) is 1.53. The molecule has 1 rings (SSSR count). The fourth-order valence-corrected chi connectivity index (χ4v) is 0.981. The van der Waals surface area contributed by atoms with Crippen LogP contribution in [-0.4, -0.2) is 5.11 Å². The Morgan fingerprint density at radius 3 is 2.44 bits per heavy atom. The molecule has 0 aliphatic heterocycles. The highest BCUT2D eigenvalue weighted by atomic mass is 16.3. The molecule has 0 atom stereocenters. The molecule has 0 aromatic rings. The summed E-state index contributed by atoms with van der Waals surface area (Å²) in [5.41, 5.74) is 0.459. The van der Waals surface area contributed by atoms with Crippen LogP contribution in [0.4, 0.5) is 0 Å². The summed E-state index contributed by atoms with van der Waals surface area (Å²) in [6.07, 6.45) is 3.40. The van der Waals surface area contributed by atoms with E-state index in [1.165, 1.54) is 0 Å². The summed E-state index contributed by atoms with van der Waals surface area (Å²) in [6.45, 7) is 0. The highest BCUT2D eigenvalue weighted by Crippen LogP contribution is 2.22. The maximum absolute atomic E-state index is 8.99. The first-order chi connectivity index (χ1) is 4.34. The van der Waals surface area contributed by atoms with Crippen molar-refractivity contribution < 1.29 is 5.11 Å². The van der Waals surface area contributed by atoms with Gasteiger partial charge < -0.3 is 5.11 Å². The molecular formula is C6H9N2O+. The van der Waals surface area contributed by atoms with Crippen LogP contribution in [0.2, 0.25) is 0 Å². The molecule has 1 N–H and O–H groups in total. The number of hydrogen-bond acceptors (Lipinski definition) is 2. The second-order valence-electron chi connectivity index (χ2n) is 2.20. The van der Waals surface area contributed by atoms with E-state index >= 15 is 0 Å². The van der Waals surface area contributed by atoms with Crippen LogP contribution < -0.4 is 0 Å². The fourth-order valence-electron chi connectivity index (χ4n) is 0.981. The maximum Gasteiger partial charge on any atom is 0.398 e. The van der Waals surface area contributed by atoms with Crippen molar-refractivity contribution in [1.29, 1.82) is 5.39 Å². The van der Waals surface area contributed by atoms with Gasteiger partial charge >= 0.3 is 5.70 Å². The third kappa shape index (κ3) is 1.20. The van der Waals surface area contributed by atoms with Gasteiger partial charge in [-0.1, -0.05) is 0 Å². The highest BCUT2D eigenvalue weighted by Gasteiger charge is 2.21. The van der Waals surface area contributed by atoms with Gasteiger partial charge in [-0.05, 0) is 12.8 Å². The average molecular weight is 125 g/mol. The molecule has 1 aliphatic carbocycles. The molecule has 48 valence electrons. The van der Waals surface area contributed by atoms with E-state index in [1.807, 2.05) is 0 Å². The van der Waals surface area contributed by atoms with Crippen molar-refractivity contribution in [3.8, 4) is 0 Å². The zero-order chi connectivity index (χ0) is 6.69. The Bertz CT molecular complexity index is 178. The van der Waals surface area contributed by atoms with Crippen molar-refractivity contribution in [2.45, 2.75) is 25.7 Å². The number of aliphatic hydroxyl groups is 1. The van der Waals surface area contributed by atoms with Gasteiger partial charge in [0.15, 0.2) is 10.7 Å². The van der Waals surface area contributed by atoms with E-state index in [1.54, 1.807) is 0 Å². The lowest BCUT2D eigenvalue weighted by molar-refractivity contribution is 0.361. The molecule has 0 aromatic carbocycles. The van der Waals surface area contributed by atoms with E-state index in [4.69, 9.17) is 10.5 Å². The molecule has 0 heterocycles. The molecule has 3 nitrogen and oxygen atoms in total. The topological polar surface area (TPSA) is 48.4 Å².